The number of carbonyl (C=O) groups is 2. The van der Waals surface area contributed by atoms with Gasteiger partial charge in [-0.05, 0) is 77.6 Å². The van der Waals surface area contributed by atoms with E-state index in [0.717, 1.165) is 49.7 Å². The molecule has 4 saturated carbocycles. The van der Waals surface area contributed by atoms with Crippen LogP contribution in [0.5, 0.6) is 0 Å². The summed E-state index contributed by atoms with van der Waals surface area (Å²) in [5.41, 5.74) is 0.304. The number of ether oxygens (including phenoxy) is 5. The maximum atomic E-state index is 13.8. The van der Waals surface area contributed by atoms with E-state index < -0.39 is 11.0 Å². The van der Waals surface area contributed by atoms with Gasteiger partial charge in [-0.1, -0.05) is 5.57 Å². The third kappa shape index (κ3) is 2.78. The van der Waals surface area contributed by atoms with Gasteiger partial charge in [0.05, 0.1) is 17.6 Å². The van der Waals surface area contributed by atoms with Gasteiger partial charge in [-0.2, -0.15) is 0 Å². The molecule has 3 aliphatic heterocycles. The van der Waals surface area contributed by atoms with Crippen molar-refractivity contribution in [1.29, 1.82) is 0 Å². The largest absolute Gasteiger partial charge is 0.456 e. The van der Waals surface area contributed by atoms with Gasteiger partial charge < -0.3 is 23.7 Å². The van der Waals surface area contributed by atoms with E-state index in [-0.39, 0.29) is 47.5 Å². The SMILES string of the molecule is COC1CC(=O)C2(C)C3CCC45C(OC)OC(C)(C6CC(C)=C(C)C(=O)O6)C4CCC5C3CC3OC32C1. The molecule has 0 bridgehead atoms. The van der Waals surface area contributed by atoms with Crippen molar-refractivity contribution in [3.8, 4) is 0 Å². The van der Waals surface area contributed by atoms with Gasteiger partial charge >= 0.3 is 5.97 Å². The van der Waals surface area contributed by atoms with Crippen LogP contribution < -0.4 is 0 Å². The molecule has 0 aromatic heterocycles. The molecule has 204 valence electrons. The molecular formula is C30H42O7. The number of methoxy groups -OCH3 is 2. The minimum Gasteiger partial charge on any atom is -0.456 e. The summed E-state index contributed by atoms with van der Waals surface area (Å²) in [6, 6.07) is 0. The maximum Gasteiger partial charge on any atom is 0.334 e. The van der Waals surface area contributed by atoms with Crippen LogP contribution in [0.4, 0.5) is 0 Å². The summed E-state index contributed by atoms with van der Waals surface area (Å²) in [6.45, 7) is 8.26. The first-order valence-electron chi connectivity index (χ1n) is 14.4. The molecule has 12 unspecified atom stereocenters. The van der Waals surface area contributed by atoms with Crippen LogP contribution in [0, 0.1) is 34.5 Å². The monoisotopic (exact) mass is 514 g/mol. The first kappa shape index (κ1) is 24.7. The van der Waals surface area contributed by atoms with Gasteiger partial charge in [0.1, 0.15) is 23.1 Å². The minimum absolute atomic E-state index is 0.0333. The van der Waals surface area contributed by atoms with E-state index in [1.807, 2.05) is 13.8 Å². The molecule has 0 radical (unpaired) electrons. The van der Waals surface area contributed by atoms with E-state index in [4.69, 9.17) is 23.7 Å². The fraction of sp³-hybridized carbons (Fsp3) is 0.867. The number of hydrogen-bond acceptors (Lipinski definition) is 7. The van der Waals surface area contributed by atoms with Gasteiger partial charge in [-0.15, -0.1) is 0 Å². The van der Waals surface area contributed by atoms with E-state index in [1.54, 1.807) is 14.2 Å². The second kappa shape index (κ2) is 7.67. The quantitative estimate of drug-likeness (QED) is 0.409. The van der Waals surface area contributed by atoms with Crippen LogP contribution in [0.15, 0.2) is 11.1 Å². The number of fused-ring (bicyclic) bond motifs is 3. The van der Waals surface area contributed by atoms with Crippen molar-refractivity contribution < 1.29 is 33.3 Å². The van der Waals surface area contributed by atoms with Gasteiger partial charge in [0.2, 0.25) is 0 Å². The van der Waals surface area contributed by atoms with Crippen molar-refractivity contribution in [2.24, 2.45) is 34.5 Å². The van der Waals surface area contributed by atoms with E-state index in [2.05, 4.69) is 13.8 Å². The van der Waals surface area contributed by atoms with Crippen LogP contribution in [-0.4, -0.2) is 61.8 Å². The number of rotatable bonds is 3. The van der Waals surface area contributed by atoms with Crippen molar-refractivity contribution in [2.45, 2.75) is 115 Å². The predicted octanol–water partition coefficient (Wildman–Crippen LogP) is 4.36. The summed E-state index contributed by atoms with van der Waals surface area (Å²) < 4.78 is 31.2. The summed E-state index contributed by atoms with van der Waals surface area (Å²) in [6.07, 6.45) is 6.60. The number of cyclic esters (lactones) is 1. The molecule has 7 nitrogen and oxygen atoms in total. The lowest BCUT2D eigenvalue weighted by atomic mass is 9.43. The van der Waals surface area contributed by atoms with Gasteiger partial charge in [-0.3, -0.25) is 4.79 Å². The highest BCUT2D eigenvalue weighted by atomic mass is 16.7. The summed E-state index contributed by atoms with van der Waals surface area (Å²) in [5, 5.41) is 0. The van der Waals surface area contributed by atoms with E-state index in [0.29, 0.717) is 36.4 Å². The summed E-state index contributed by atoms with van der Waals surface area (Å²) in [7, 11) is 3.48. The van der Waals surface area contributed by atoms with Crippen LogP contribution >= 0.6 is 0 Å². The third-order valence-corrected chi connectivity index (χ3v) is 12.8. The van der Waals surface area contributed by atoms with E-state index in [1.165, 1.54) is 0 Å². The number of epoxide rings is 1. The van der Waals surface area contributed by atoms with Gasteiger partial charge in [0, 0.05) is 50.4 Å². The van der Waals surface area contributed by atoms with Crippen LogP contribution in [-0.2, 0) is 33.3 Å². The van der Waals surface area contributed by atoms with Crippen LogP contribution in [0.25, 0.3) is 0 Å². The Morgan fingerprint density at radius 2 is 1.70 bits per heavy atom. The average Bonchev–Trinajstić information content (AvgIpc) is 3.32. The molecule has 0 aromatic carbocycles. The van der Waals surface area contributed by atoms with Gasteiger partial charge in [0.15, 0.2) is 6.29 Å². The molecule has 0 N–H and O–H groups in total. The average molecular weight is 515 g/mol. The van der Waals surface area contributed by atoms with E-state index >= 15 is 0 Å². The van der Waals surface area contributed by atoms with Crippen molar-refractivity contribution in [3.63, 3.8) is 0 Å². The Morgan fingerprint density at radius 3 is 2.41 bits per heavy atom. The van der Waals surface area contributed by atoms with Crippen molar-refractivity contribution in [2.75, 3.05) is 14.2 Å². The second-order valence-electron chi connectivity index (χ2n) is 13.7. The molecule has 4 aliphatic carbocycles. The first-order valence-corrected chi connectivity index (χ1v) is 14.4. The minimum atomic E-state index is -0.593. The number of Topliss-reactive ketones (excluding diaryl/α,β-unsaturated/α-hetero) is 1. The molecule has 3 heterocycles. The molecule has 6 fully saturated rings. The number of esters is 1. The molecule has 7 aliphatic rings. The van der Waals surface area contributed by atoms with Crippen LogP contribution in [0.3, 0.4) is 0 Å². The van der Waals surface area contributed by atoms with Crippen LogP contribution in [0.2, 0.25) is 0 Å². The van der Waals surface area contributed by atoms with Gasteiger partial charge in [-0.25, -0.2) is 4.79 Å². The Bertz CT molecular complexity index is 1080. The Labute approximate surface area is 219 Å². The number of ketones is 1. The zero-order valence-corrected chi connectivity index (χ0v) is 23.1. The molecule has 7 rings (SSSR count). The van der Waals surface area contributed by atoms with Crippen molar-refractivity contribution >= 4 is 11.8 Å². The maximum absolute atomic E-state index is 13.8. The zero-order chi connectivity index (χ0) is 26.1. The molecule has 7 heteroatoms. The normalized spacial score (nSPS) is 56.2. The highest BCUT2D eigenvalue weighted by Gasteiger charge is 2.81. The van der Waals surface area contributed by atoms with E-state index in [9.17, 15) is 9.59 Å². The molecule has 2 saturated heterocycles. The highest BCUT2D eigenvalue weighted by molar-refractivity contribution is 5.90. The molecule has 2 spiro atoms. The second-order valence-corrected chi connectivity index (χ2v) is 13.7. The zero-order valence-electron chi connectivity index (χ0n) is 23.1. The number of carbonyl (C=O) groups excluding carboxylic acids is 2. The Balaban J connectivity index is 1.24. The lowest BCUT2D eigenvalue weighted by Crippen LogP contribution is -2.63. The fourth-order valence-corrected chi connectivity index (χ4v) is 10.8. The molecule has 0 amide bonds. The van der Waals surface area contributed by atoms with Gasteiger partial charge in [0.25, 0.3) is 0 Å². The molecule has 37 heavy (non-hydrogen) atoms. The lowest BCUT2D eigenvalue weighted by molar-refractivity contribution is -0.228. The Morgan fingerprint density at radius 1 is 0.919 bits per heavy atom. The summed E-state index contributed by atoms with van der Waals surface area (Å²) >= 11 is 0. The van der Waals surface area contributed by atoms with Crippen molar-refractivity contribution in [3.05, 3.63) is 11.1 Å². The molecular weight excluding hydrogens is 472 g/mol. The topological polar surface area (TPSA) is 83.6 Å². The smallest absolute Gasteiger partial charge is 0.334 e. The van der Waals surface area contributed by atoms with Crippen molar-refractivity contribution in [1.82, 2.24) is 0 Å². The first-order chi connectivity index (χ1) is 17.6. The third-order valence-electron chi connectivity index (χ3n) is 12.8. The molecule has 0 aromatic rings. The standard InChI is InChI=1S/C30H42O7/c1-15-11-23(35-25(32)16(15)2)28(4)21-8-7-20-18-13-24-30(36-24)14-17(33-5)12-22(31)27(30,3)19(18)9-10-29(20,21)26(34-6)37-28/h17-21,23-24,26H,7-14H2,1-6H3. The summed E-state index contributed by atoms with van der Waals surface area (Å²) in [4.78, 5) is 26.5. The molecule has 12 atom stereocenters. The highest BCUT2D eigenvalue weighted by Crippen LogP contribution is 2.76. The lowest BCUT2D eigenvalue weighted by Gasteiger charge is -2.58. The van der Waals surface area contributed by atoms with Crippen LogP contribution in [0.1, 0.15) is 79.1 Å². The Kier molecular flexibility index (Phi) is 5.13. The Hall–Kier alpha value is -1.28. The predicted molar refractivity (Wildman–Crippen MR) is 133 cm³/mol. The number of hydrogen-bond donors (Lipinski definition) is 0. The summed E-state index contributed by atoms with van der Waals surface area (Å²) in [5.74, 6) is 1.49. The fourth-order valence-electron chi connectivity index (χ4n) is 10.8.